The van der Waals surface area contributed by atoms with Gasteiger partial charge in [-0.15, -0.1) is 0 Å². The molecule has 0 spiro atoms. The van der Waals surface area contributed by atoms with E-state index in [4.69, 9.17) is 4.74 Å². The maximum atomic E-state index is 5.46. The molecule has 2 unspecified atom stereocenters. The van der Waals surface area contributed by atoms with Crippen molar-refractivity contribution in [3.05, 3.63) is 18.2 Å². The highest BCUT2D eigenvalue weighted by Gasteiger charge is 2.23. The molecule has 17 heavy (non-hydrogen) atoms. The molecule has 1 saturated heterocycles. The Hall–Kier alpha value is -0.870. The molecule has 96 valence electrons. The van der Waals surface area contributed by atoms with Gasteiger partial charge >= 0.3 is 0 Å². The Bertz CT molecular complexity index is 331. The molecule has 1 fully saturated rings. The third kappa shape index (κ3) is 3.30. The summed E-state index contributed by atoms with van der Waals surface area (Å²) in [5, 5.41) is 3.60. The predicted octanol–water partition coefficient (Wildman–Crippen LogP) is 1.89. The van der Waals surface area contributed by atoms with Gasteiger partial charge in [0.1, 0.15) is 5.82 Å². The molecule has 1 aromatic rings. The summed E-state index contributed by atoms with van der Waals surface area (Å²) in [6.45, 7) is 5.08. The molecule has 1 aliphatic heterocycles. The first-order valence-corrected chi connectivity index (χ1v) is 6.59. The van der Waals surface area contributed by atoms with Gasteiger partial charge in [0, 0.05) is 32.7 Å². The SMILES string of the molecule is CCCNC(CC1CCOC1)c1nccn1C. The van der Waals surface area contributed by atoms with E-state index in [1.807, 2.05) is 12.4 Å². The molecule has 4 heteroatoms. The van der Waals surface area contributed by atoms with Gasteiger partial charge in [-0.1, -0.05) is 6.92 Å². The number of hydrogen-bond donors (Lipinski definition) is 1. The third-order valence-corrected chi connectivity index (χ3v) is 3.40. The van der Waals surface area contributed by atoms with E-state index in [0.717, 1.165) is 38.4 Å². The van der Waals surface area contributed by atoms with Crippen molar-refractivity contribution in [2.24, 2.45) is 13.0 Å². The number of imidazole rings is 1. The van der Waals surface area contributed by atoms with Crippen LogP contribution in [0.25, 0.3) is 0 Å². The van der Waals surface area contributed by atoms with Gasteiger partial charge in [-0.25, -0.2) is 4.98 Å². The van der Waals surface area contributed by atoms with Gasteiger partial charge in [-0.2, -0.15) is 0 Å². The average Bonchev–Trinajstić information content (AvgIpc) is 2.95. The summed E-state index contributed by atoms with van der Waals surface area (Å²) in [5.74, 6) is 1.83. The van der Waals surface area contributed by atoms with Crippen LogP contribution in [0.2, 0.25) is 0 Å². The fourth-order valence-corrected chi connectivity index (χ4v) is 2.41. The topological polar surface area (TPSA) is 39.1 Å². The molecule has 1 aliphatic rings. The second-order valence-electron chi connectivity index (χ2n) is 4.87. The van der Waals surface area contributed by atoms with Crippen LogP contribution in [0.1, 0.15) is 38.1 Å². The summed E-state index contributed by atoms with van der Waals surface area (Å²) < 4.78 is 7.57. The third-order valence-electron chi connectivity index (χ3n) is 3.40. The van der Waals surface area contributed by atoms with Crippen molar-refractivity contribution in [1.29, 1.82) is 0 Å². The molecule has 1 N–H and O–H groups in total. The van der Waals surface area contributed by atoms with Crippen molar-refractivity contribution in [3.63, 3.8) is 0 Å². The van der Waals surface area contributed by atoms with Crippen molar-refractivity contribution >= 4 is 0 Å². The van der Waals surface area contributed by atoms with Crippen molar-refractivity contribution in [1.82, 2.24) is 14.9 Å². The molecule has 4 nitrogen and oxygen atoms in total. The van der Waals surface area contributed by atoms with Gasteiger partial charge in [-0.05, 0) is 31.7 Å². The minimum Gasteiger partial charge on any atom is -0.381 e. The second-order valence-corrected chi connectivity index (χ2v) is 4.87. The van der Waals surface area contributed by atoms with Crippen LogP contribution in [0.5, 0.6) is 0 Å². The molecule has 2 heterocycles. The molecule has 0 saturated carbocycles. The molecule has 0 aromatic carbocycles. The zero-order valence-corrected chi connectivity index (χ0v) is 10.9. The number of nitrogens with one attached hydrogen (secondary N) is 1. The van der Waals surface area contributed by atoms with Crippen LogP contribution in [0.3, 0.4) is 0 Å². The first kappa shape index (κ1) is 12.6. The molecule has 2 atom stereocenters. The Morgan fingerprint density at radius 2 is 2.53 bits per heavy atom. The highest BCUT2D eigenvalue weighted by atomic mass is 16.5. The van der Waals surface area contributed by atoms with Gasteiger partial charge in [0.05, 0.1) is 6.04 Å². The highest BCUT2D eigenvalue weighted by molar-refractivity contribution is 4.99. The lowest BCUT2D eigenvalue weighted by Crippen LogP contribution is -2.27. The van der Waals surface area contributed by atoms with Crippen LogP contribution < -0.4 is 5.32 Å². The van der Waals surface area contributed by atoms with Crippen LogP contribution in [-0.2, 0) is 11.8 Å². The van der Waals surface area contributed by atoms with Crippen molar-refractivity contribution in [2.45, 2.75) is 32.2 Å². The molecule has 2 rings (SSSR count). The van der Waals surface area contributed by atoms with Crippen molar-refractivity contribution < 1.29 is 4.74 Å². The number of aryl methyl sites for hydroxylation is 1. The molecule has 0 bridgehead atoms. The lowest BCUT2D eigenvalue weighted by Gasteiger charge is -2.21. The van der Waals surface area contributed by atoms with E-state index in [1.54, 1.807) is 0 Å². The highest BCUT2D eigenvalue weighted by Crippen LogP contribution is 2.25. The van der Waals surface area contributed by atoms with E-state index in [1.165, 1.54) is 6.42 Å². The first-order chi connectivity index (χ1) is 8.31. The Kier molecular flexibility index (Phi) is 4.57. The Labute approximate surface area is 103 Å². The van der Waals surface area contributed by atoms with Gasteiger partial charge in [0.2, 0.25) is 0 Å². The summed E-state index contributed by atoms with van der Waals surface area (Å²) in [5.41, 5.74) is 0. The number of rotatable bonds is 6. The zero-order valence-electron chi connectivity index (χ0n) is 10.9. The standard InChI is InChI=1S/C13H23N3O/c1-3-5-14-12(9-11-4-8-17-10-11)13-15-6-7-16(13)2/h6-7,11-12,14H,3-5,8-10H2,1-2H3. The van der Waals surface area contributed by atoms with Gasteiger partial charge in [-0.3, -0.25) is 0 Å². The smallest absolute Gasteiger partial charge is 0.125 e. The average molecular weight is 237 g/mol. The fraction of sp³-hybridized carbons (Fsp3) is 0.769. The van der Waals surface area contributed by atoms with Crippen LogP contribution in [0.4, 0.5) is 0 Å². The monoisotopic (exact) mass is 237 g/mol. The fourth-order valence-electron chi connectivity index (χ4n) is 2.41. The number of aromatic nitrogens is 2. The molecule has 0 aliphatic carbocycles. The second kappa shape index (κ2) is 6.17. The Morgan fingerprint density at radius 1 is 1.65 bits per heavy atom. The van der Waals surface area contributed by atoms with E-state index < -0.39 is 0 Å². The maximum Gasteiger partial charge on any atom is 0.125 e. The maximum absolute atomic E-state index is 5.46. The van der Waals surface area contributed by atoms with Crippen molar-refractivity contribution in [2.75, 3.05) is 19.8 Å². The van der Waals surface area contributed by atoms with Crippen LogP contribution >= 0.6 is 0 Å². The minimum atomic E-state index is 0.363. The zero-order chi connectivity index (χ0) is 12.1. The number of nitrogens with zero attached hydrogens (tertiary/aromatic N) is 2. The summed E-state index contributed by atoms with van der Waals surface area (Å²) in [6, 6.07) is 0.363. The summed E-state index contributed by atoms with van der Waals surface area (Å²) in [7, 11) is 2.06. The quantitative estimate of drug-likeness (QED) is 0.821. The molecule has 1 aromatic heterocycles. The predicted molar refractivity (Wildman–Crippen MR) is 67.8 cm³/mol. The van der Waals surface area contributed by atoms with Gasteiger partial charge in [0.15, 0.2) is 0 Å². The molecule has 0 radical (unpaired) electrons. The van der Waals surface area contributed by atoms with Gasteiger partial charge in [0.25, 0.3) is 0 Å². The lowest BCUT2D eigenvalue weighted by atomic mass is 9.98. The van der Waals surface area contributed by atoms with E-state index >= 15 is 0 Å². The number of ether oxygens (including phenoxy) is 1. The molecular weight excluding hydrogens is 214 g/mol. The Balaban J connectivity index is 1.99. The normalized spacial score (nSPS) is 21.9. The molecule has 0 amide bonds. The van der Waals surface area contributed by atoms with Gasteiger partial charge < -0.3 is 14.6 Å². The summed E-state index contributed by atoms with van der Waals surface area (Å²) in [6.07, 6.45) is 7.36. The van der Waals surface area contributed by atoms with E-state index in [9.17, 15) is 0 Å². The minimum absolute atomic E-state index is 0.363. The number of hydrogen-bond acceptors (Lipinski definition) is 3. The van der Waals surface area contributed by atoms with Crippen LogP contribution in [0, 0.1) is 5.92 Å². The summed E-state index contributed by atoms with van der Waals surface area (Å²) >= 11 is 0. The Morgan fingerprint density at radius 3 is 3.12 bits per heavy atom. The lowest BCUT2D eigenvalue weighted by molar-refractivity contribution is 0.181. The first-order valence-electron chi connectivity index (χ1n) is 6.59. The largest absolute Gasteiger partial charge is 0.381 e. The van der Waals surface area contributed by atoms with E-state index in [2.05, 4.69) is 28.8 Å². The molecular formula is C13H23N3O. The summed E-state index contributed by atoms with van der Waals surface area (Å²) in [4.78, 5) is 4.47. The van der Waals surface area contributed by atoms with E-state index in [0.29, 0.717) is 12.0 Å². The van der Waals surface area contributed by atoms with E-state index in [-0.39, 0.29) is 0 Å². The van der Waals surface area contributed by atoms with Crippen molar-refractivity contribution in [3.8, 4) is 0 Å². The van der Waals surface area contributed by atoms with Crippen LogP contribution in [0.15, 0.2) is 12.4 Å². The van der Waals surface area contributed by atoms with Crippen LogP contribution in [-0.4, -0.2) is 29.3 Å².